The van der Waals surface area contributed by atoms with Gasteiger partial charge in [-0.3, -0.25) is 0 Å². The van der Waals surface area contributed by atoms with Gasteiger partial charge in [-0.05, 0) is 37.0 Å². The standard InChI is InChI=1S/C15H22O3/c1-4-5-9-18-14(15(16)17)10-13-8-6-7-11(2)12(13)3/h6-8,14H,4-5,9-10H2,1-3H3,(H,16,17)/t14-/m1/s1. The molecule has 18 heavy (non-hydrogen) atoms. The molecule has 0 bridgehead atoms. The zero-order valence-electron chi connectivity index (χ0n) is 11.4. The monoisotopic (exact) mass is 250 g/mol. The minimum atomic E-state index is -0.882. The van der Waals surface area contributed by atoms with E-state index in [0.717, 1.165) is 24.0 Å². The summed E-state index contributed by atoms with van der Waals surface area (Å²) in [5.74, 6) is -0.882. The zero-order chi connectivity index (χ0) is 13.5. The number of aliphatic carboxylic acids is 1. The lowest BCUT2D eigenvalue weighted by Crippen LogP contribution is -2.27. The first-order chi connectivity index (χ1) is 8.56. The molecule has 0 unspecified atom stereocenters. The summed E-state index contributed by atoms with van der Waals surface area (Å²) in [6.45, 7) is 6.63. The summed E-state index contributed by atoms with van der Waals surface area (Å²) in [6, 6.07) is 5.97. The van der Waals surface area contributed by atoms with Gasteiger partial charge in [0.05, 0.1) is 0 Å². The van der Waals surface area contributed by atoms with Gasteiger partial charge in [-0.25, -0.2) is 4.79 Å². The number of carbonyl (C=O) groups is 1. The highest BCUT2D eigenvalue weighted by Gasteiger charge is 2.19. The maximum atomic E-state index is 11.2. The third-order valence-corrected chi connectivity index (χ3v) is 3.21. The second kappa shape index (κ2) is 7.17. The quantitative estimate of drug-likeness (QED) is 0.756. The second-order valence-corrected chi connectivity index (χ2v) is 4.61. The topological polar surface area (TPSA) is 46.5 Å². The summed E-state index contributed by atoms with van der Waals surface area (Å²) in [4.78, 5) is 11.2. The molecule has 0 aromatic heterocycles. The number of hydrogen-bond donors (Lipinski definition) is 1. The number of aryl methyl sites for hydroxylation is 1. The van der Waals surface area contributed by atoms with E-state index in [4.69, 9.17) is 9.84 Å². The van der Waals surface area contributed by atoms with Gasteiger partial charge in [-0.15, -0.1) is 0 Å². The highest BCUT2D eigenvalue weighted by molar-refractivity contribution is 5.72. The van der Waals surface area contributed by atoms with Crippen molar-refractivity contribution in [1.82, 2.24) is 0 Å². The van der Waals surface area contributed by atoms with Crippen molar-refractivity contribution in [2.45, 2.75) is 46.1 Å². The van der Waals surface area contributed by atoms with Crippen LogP contribution < -0.4 is 0 Å². The summed E-state index contributed by atoms with van der Waals surface area (Å²) < 4.78 is 5.44. The molecular weight excluding hydrogens is 228 g/mol. The SMILES string of the molecule is CCCCO[C@H](Cc1cccc(C)c1C)C(=O)O. The first kappa shape index (κ1) is 14.7. The Kier molecular flexibility index (Phi) is 5.86. The second-order valence-electron chi connectivity index (χ2n) is 4.61. The molecule has 100 valence electrons. The van der Waals surface area contributed by atoms with Crippen LogP contribution in [0.25, 0.3) is 0 Å². The number of carboxylic acids is 1. The van der Waals surface area contributed by atoms with Crippen LogP contribution in [0.5, 0.6) is 0 Å². The first-order valence-electron chi connectivity index (χ1n) is 6.45. The average Bonchev–Trinajstić information content (AvgIpc) is 2.33. The van der Waals surface area contributed by atoms with Crippen LogP contribution in [-0.4, -0.2) is 23.8 Å². The van der Waals surface area contributed by atoms with Crippen molar-refractivity contribution in [2.24, 2.45) is 0 Å². The fourth-order valence-electron chi connectivity index (χ4n) is 1.82. The number of carboxylic acid groups (broad SMARTS) is 1. The van der Waals surface area contributed by atoms with Crippen molar-refractivity contribution in [3.8, 4) is 0 Å². The number of benzene rings is 1. The fourth-order valence-corrected chi connectivity index (χ4v) is 1.82. The number of hydrogen-bond acceptors (Lipinski definition) is 2. The van der Waals surface area contributed by atoms with Gasteiger partial charge < -0.3 is 9.84 Å². The van der Waals surface area contributed by atoms with Crippen LogP contribution in [0.1, 0.15) is 36.5 Å². The Labute approximate surface area is 109 Å². The van der Waals surface area contributed by atoms with Crippen LogP contribution in [0, 0.1) is 13.8 Å². The lowest BCUT2D eigenvalue weighted by Gasteiger charge is -2.15. The third-order valence-electron chi connectivity index (χ3n) is 3.21. The Morgan fingerprint density at radius 3 is 2.72 bits per heavy atom. The van der Waals surface area contributed by atoms with Crippen molar-refractivity contribution in [1.29, 1.82) is 0 Å². The van der Waals surface area contributed by atoms with E-state index < -0.39 is 12.1 Å². The van der Waals surface area contributed by atoms with Crippen molar-refractivity contribution < 1.29 is 14.6 Å². The summed E-state index contributed by atoms with van der Waals surface area (Å²) in [5.41, 5.74) is 3.40. The van der Waals surface area contributed by atoms with E-state index in [1.54, 1.807) is 0 Å². The van der Waals surface area contributed by atoms with Gasteiger partial charge in [-0.2, -0.15) is 0 Å². The molecule has 0 amide bonds. The molecule has 1 atom stereocenters. The van der Waals surface area contributed by atoms with Gasteiger partial charge in [0, 0.05) is 13.0 Å². The Morgan fingerprint density at radius 1 is 1.39 bits per heavy atom. The minimum absolute atomic E-state index is 0.437. The lowest BCUT2D eigenvalue weighted by molar-refractivity contribution is -0.150. The Morgan fingerprint density at radius 2 is 2.11 bits per heavy atom. The molecule has 0 aliphatic heterocycles. The van der Waals surface area contributed by atoms with Crippen LogP contribution in [0.4, 0.5) is 0 Å². The Balaban J connectivity index is 2.71. The molecule has 0 spiro atoms. The van der Waals surface area contributed by atoms with E-state index in [-0.39, 0.29) is 0 Å². The highest BCUT2D eigenvalue weighted by atomic mass is 16.5. The smallest absolute Gasteiger partial charge is 0.333 e. The lowest BCUT2D eigenvalue weighted by atomic mass is 9.98. The summed E-state index contributed by atoms with van der Waals surface area (Å²) in [7, 11) is 0. The molecule has 0 heterocycles. The van der Waals surface area contributed by atoms with E-state index >= 15 is 0 Å². The first-order valence-corrected chi connectivity index (χ1v) is 6.45. The Bertz CT molecular complexity index is 399. The van der Waals surface area contributed by atoms with E-state index in [9.17, 15) is 4.79 Å². The van der Waals surface area contributed by atoms with E-state index in [0.29, 0.717) is 13.0 Å². The van der Waals surface area contributed by atoms with E-state index in [1.165, 1.54) is 5.56 Å². The largest absolute Gasteiger partial charge is 0.479 e. The van der Waals surface area contributed by atoms with Crippen molar-refractivity contribution in [3.05, 3.63) is 34.9 Å². The molecule has 1 aromatic carbocycles. The highest BCUT2D eigenvalue weighted by Crippen LogP contribution is 2.16. The number of rotatable bonds is 7. The summed E-state index contributed by atoms with van der Waals surface area (Å²) in [5, 5.41) is 9.17. The van der Waals surface area contributed by atoms with Crippen molar-refractivity contribution in [2.75, 3.05) is 6.61 Å². The van der Waals surface area contributed by atoms with Gasteiger partial charge in [-0.1, -0.05) is 31.5 Å². The maximum Gasteiger partial charge on any atom is 0.333 e. The molecule has 1 rings (SSSR count). The molecule has 1 N–H and O–H groups in total. The molecule has 0 saturated carbocycles. The Hall–Kier alpha value is -1.35. The van der Waals surface area contributed by atoms with Crippen LogP contribution in [0.15, 0.2) is 18.2 Å². The fraction of sp³-hybridized carbons (Fsp3) is 0.533. The van der Waals surface area contributed by atoms with Crippen LogP contribution in [-0.2, 0) is 16.0 Å². The molecule has 0 saturated heterocycles. The van der Waals surface area contributed by atoms with Crippen LogP contribution in [0.3, 0.4) is 0 Å². The molecule has 0 radical (unpaired) electrons. The van der Waals surface area contributed by atoms with E-state index in [2.05, 4.69) is 6.92 Å². The molecular formula is C15H22O3. The van der Waals surface area contributed by atoms with Gasteiger partial charge >= 0.3 is 5.97 Å². The van der Waals surface area contributed by atoms with E-state index in [1.807, 2.05) is 32.0 Å². The normalized spacial score (nSPS) is 12.4. The van der Waals surface area contributed by atoms with Gasteiger partial charge in [0.1, 0.15) is 0 Å². The number of ether oxygens (including phenoxy) is 1. The minimum Gasteiger partial charge on any atom is -0.479 e. The maximum absolute atomic E-state index is 11.2. The van der Waals surface area contributed by atoms with Crippen LogP contribution >= 0.6 is 0 Å². The van der Waals surface area contributed by atoms with Gasteiger partial charge in [0.2, 0.25) is 0 Å². The van der Waals surface area contributed by atoms with Crippen LogP contribution in [0.2, 0.25) is 0 Å². The molecule has 3 heteroatoms. The molecule has 1 aromatic rings. The van der Waals surface area contributed by atoms with Crippen molar-refractivity contribution in [3.63, 3.8) is 0 Å². The third kappa shape index (κ3) is 4.15. The molecule has 0 fully saturated rings. The zero-order valence-corrected chi connectivity index (χ0v) is 11.4. The predicted octanol–water partition coefficient (Wildman–Crippen LogP) is 3.12. The molecule has 0 aliphatic rings. The van der Waals surface area contributed by atoms with Gasteiger partial charge in [0.15, 0.2) is 6.10 Å². The average molecular weight is 250 g/mol. The summed E-state index contributed by atoms with van der Waals surface area (Å²) in [6.07, 6.45) is 1.61. The summed E-state index contributed by atoms with van der Waals surface area (Å²) >= 11 is 0. The number of unbranched alkanes of at least 4 members (excludes halogenated alkanes) is 1. The molecule has 3 nitrogen and oxygen atoms in total. The van der Waals surface area contributed by atoms with Crippen molar-refractivity contribution >= 4 is 5.97 Å². The molecule has 0 aliphatic carbocycles. The van der Waals surface area contributed by atoms with Gasteiger partial charge in [0.25, 0.3) is 0 Å². The predicted molar refractivity (Wildman–Crippen MR) is 71.9 cm³/mol.